The van der Waals surface area contributed by atoms with E-state index in [1.54, 1.807) is 14.0 Å². The van der Waals surface area contributed by atoms with Crippen LogP contribution in [0.15, 0.2) is 15.4 Å². The van der Waals surface area contributed by atoms with Gasteiger partial charge in [0.15, 0.2) is 0 Å². The third-order valence-corrected chi connectivity index (χ3v) is 5.84. The van der Waals surface area contributed by atoms with E-state index in [9.17, 15) is 8.42 Å². The molecule has 1 aliphatic carbocycles. The molecule has 0 bridgehead atoms. The van der Waals surface area contributed by atoms with Crippen molar-refractivity contribution in [3.63, 3.8) is 0 Å². The SMILES string of the molecule is Cc1oc(CO)cc1S(=O)(=O)N(C)C1CCCCC1. The van der Waals surface area contributed by atoms with Gasteiger partial charge < -0.3 is 9.52 Å². The van der Waals surface area contributed by atoms with Crippen molar-refractivity contribution in [1.82, 2.24) is 4.31 Å². The van der Waals surface area contributed by atoms with E-state index in [0.717, 1.165) is 25.7 Å². The summed E-state index contributed by atoms with van der Waals surface area (Å²) in [6.07, 6.45) is 5.18. The summed E-state index contributed by atoms with van der Waals surface area (Å²) in [5, 5.41) is 9.03. The van der Waals surface area contributed by atoms with E-state index in [-0.39, 0.29) is 23.3 Å². The minimum Gasteiger partial charge on any atom is -0.462 e. The highest BCUT2D eigenvalue weighted by Crippen LogP contribution is 2.29. The van der Waals surface area contributed by atoms with Gasteiger partial charge in [-0.05, 0) is 19.8 Å². The van der Waals surface area contributed by atoms with Gasteiger partial charge in [0.25, 0.3) is 0 Å². The van der Waals surface area contributed by atoms with Crippen molar-refractivity contribution in [1.29, 1.82) is 0 Å². The third-order valence-electron chi connectivity index (χ3n) is 3.83. The maximum absolute atomic E-state index is 12.6. The van der Waals surface area contributed by atoms with Crippen molar-refractivity contribution < 1.29 is 17.9 Å². The lowest BCUT2D eigenvalue weighted by Crippen LogP contribution is -2.38. The van der Waals surface area contributed by atoms with Gasteiger partial charge >= 0.3 is 0 Å². The fraction of sp³-hybridized carbons (Fsp3) is 0.692. The Labute approximate surface area is 114 Å². The fourth-order valence-corrected chi connectivity index (χ4v) is 4.25. The minimum atomic E-state index is -3.53. The first-order valence-electron chi connectivity index (χ1n) is 6.65. The van der Waals surface area contributed by atoms with Gasteiger partial charge in [0.1, 0.15) is 23.0 Å². The van der Waals surface area contributed by atoms with Crippen LogP contribution < -0.4 is 0 Å². The number of furan rings is 1. The number of hydrogen-bond donors (Lipinski definition) is 1. The number of aryl methyl sites for hydroxylation is 1. The van der Waals surface area contributed by atoms with Gasteiger partial charge in [-0.1, -0.05) is 19.3 Å². The van der Waals surface area contributed by atoms with Crippen molar-refractivity contribution >= 4 is 10.0 Å². The molecule has 1 fully saturated rings. The molecule has 0 unspecified atom stereocenters. The predicted molar refractivity (Wildman–Crippen MR) is 71.2 cm³/mol. The highest BCUT2D eigenvalue weighted by Gasteiger charge is 2.31. The molecule has 0 saturated heterocycles. The maximum Gasteiger partial charge on any atom is 0.246 e. The normalized spacial score (nSPS) is 18.1. The van der Waals surface area contributed by atoms with Crippen LogP contribution in [-0.2, 0) is 16.6 Å². The molecule has 0 aromatic carbocycles. The van der Waals surface area contributed by atoms with E-state index in [1.807, 2.05) is 0 Å². The van der Waals surface area contributed by atoms with Crippen LogP contribution in [0.4, 0.5) is 0 Å². The second-order valence-electron chi connectivity index (χ2n) is 5.10. The predicted octanol–water partition coefficient (Wildman–Crippen LogP) is 2.03. The Kier molecular flexibility index (Phi) is 4.32. The molecule has 1 aliphatic rings. The van der Waals surface area contributed by atoms with Crippen LogP contribution in [0.25, 0.3) is 0 Å². The van der Waals surface area contributed by atoms with Crippen LogP contribution in [0.2, 0.25) is 0 Å². The van der Waals surface area contributed by atoms with E-state index >= 15 is 0 Å². The Hall–Kier alpha value is -0.850. The maximum atomic E-state index is 12.6. The zero-order valence-corrected chi connectivity index (χ0v) is 12.2. The summed E-state index contributed by atoms with van der Waals surface area (Å²) in [6, 6.07) is 1.50. The standard InChI is InChI=1S/C13H21NO4S/c1-10-13(8-12(9-15)18-10)19(16,17)14(2)11-6-4-3-5-7-11/h8,11,15H,3-7,9H2,1-2H3. The summed E-state index contributed by atoms with van der Waals surface area (Å²) in [6.45, 7) is 1.32. The summed E-state index contributed by atoms with van der Waals surface area (Å²) < 4.78 is 31.8. The molecule has 0 radical (unpaired) electrons. The first-order valence-corrected chi connectivity index (χ1v) is 8.09. The van der Waals surface area contributed by atoms with Crippen molar-refractivity contribution in [2.24, 2.45) is 0 Å². The lowest BCUT2D eigenvalue weighted by atomic mass is 9.96. The van der Waals surface area contributed by atoms with Crippen molar-refractivity contribution in [2.45, 2.75) is 56.6 Å². The van der Waals surface area contributed by atoms with E-state index in [1.165, 1.54) is 16.8 Å². The molecule has 1 aromatic heterocycles. The Morgan fingerprint density at radius 1 is 1.37 bits per heavy atom. The van der Waals surface area contributed by atoms with Crippen LogP contribution in [0.1, 0.15) is 43.6 Å². The van der Waals surface area contributed by atoms with E-state index in [0.29, 0.717) is 5.76 Å². The molecule has 6 heteroatoms. The molecule has 5 nitrogen and oxygen atoms in total. The zero-order chi connectivity index (χ0) is 14.0. The van der Waals surface area contributed by atoms with E-state index < -0.39 is 10.0 Å². The Morgan fingerprint density at radius 2 is 2.00 bits per heavy atom. The molecule has 108 valence electrons. The van der Waals surface area contributed by atoms with E-state index in [2.05, 4.69) is 0 Å². The molecule has 1 heterocycles. The number of rotatable bonds is 4. The van der Waals surface area contributed by atoms with E-state index in [4.69, 9.17) is 9.52 Å². The van der Waals surface area contributed by atoms with Crippen molar-refractivity contribution in [3.8, 4) is 0 Å². The highest BCUT2D eigenvalue weighted by atomic mass is 32.2. The summed E-state index contributed by atoms with van der Waals surface area (Å²) in [5.41, 5.74) is 0. The highest BCUT2D eigenvalue weighted by molar-refractivity contribution is 7.89. The molecular weight excluding hydrogens is 266 g/mol. The summed E-state index contributed by atoms with van der Waals surface area (Å²) >= 11 is 0. The first kappa shape index (κ1) is 14.6. The molecule has 0 atom stereocenters. The van der Waals surface area contributed by atoms with Gasteiger partial charge in [-0.3, -0.25) is 0 Å². The Balaban J connectivity index is 2.27. The van der Waals surface area contributed by atoms with Crippen molar-refractivity contribution in [3.05, 3.63) is 17.6 Å². The van der Waals surface area contributed by atoms with Gasteiger partial charge in [0.05, 0.1) is 0 Å². The van der Waals surface area contributed by atoms with Crippen LogP contribution in [-0.4, -0.2) is 30.9 Å². The monoisotopic (exact) mass is 287 g/mol. The molecule has 19 heavy (non-hydrogen) atoms. The summed E-state index contributed by atoms with van der Waals surface area (Å²) in [5.74, 6) is 0.625. The average molecular weight is 287 g/mol. The molecule has 1 saturated carbocycles. The van der Waals surface area contributed by atoms with Crippen molar-refractivity contribution in [2.75, 3.05) is 7.05 Å². The number of aliphatic hydroxyl groups excluding tert-OH is 1. The molecule has 2 rings (SSSR count). The second-order valence-corrected chi connectivity index (χ2v) is 7.07. The number of nitrogens with zero attached hydrogens (tertiary/aromatic N) is 1. The van der Waals surface area contributed by atoms with Gasteiger partial charge in [0.2, 0.25) is 10.0 Å². The smallest absolute Gasteiger partial charge is 0.246 e. The summed E-state index contributed by atoms with van der Waals surface area (Å²) in [7, 11) is -1.89. The molecule has 1 aromatic rings. The van der Waals surface area contributed by atoms with Gasteiger partial charge in [-0.15, -0.1) is 0 Å². The third kappa shape index (κ3) is 2.85. The number of hydrogen-bond acceptors (Lipinski definition) is 4. The molecule has 1 N–H and O–H groups in total. The molecule has 0 spiro atoms. The van der Waals surface area contributed by atoms with Gasteiger partial charge in [-0.2, -0.15) is 4.31 Å². The second kappa shape index (κ2) is 5.64. The topological polar surface area (TPSA) is 70.8 Å². The first-order chi connectivity index (χ1) is 8.96. The Bertz CT molecular complexity index is 529. The molecule has 0 aliphatic heterocycles. The van der Waals surface area contributed by atoms with Crippen LogP contribution in [0, 0.1) is 6.92 Å². The van der Waals surface area contributed by atoms with Gasteiger partial charge in [-0.25, -0.2) is 8.42 Å². The lowest BCUT2D eigenvalue weighted by molar-refractivity contribution is 0.244. The fourth-order valence-electron chi connectivity index (χ4n) is 2.65. The van der Waals surface area contributed by atoms with Gasteiger partial charge in [0, 0.05) is 19.2 Å². The minimum absolute atomic E-state index is 0.0747. The summed E-state index contributed by atoms with van der Waals surface area (Å²) in [4.78, 5) is 0.171. The molecular formula is C13H21NO4S. The number of aliphatic hydroxyl groups is 1. The quantitative estimate of drug-likeness (QED) is 0.920. The van der Waals surface area contributed by atoms with Crippen LogP contribution in [0.5, 0.6) is 0 Å². The lowest BCUT2D eigenvalue weighted by Gasteiger charge is -2.30. The Morgan fingerprint density at radius 3 is 2.53 bits per heavy atom. The largest absolute Gasteiger partial charge is 0.462 e. The average Bonchev–Trinajstić information content (AvgIpc) is 2.81. The van der Waals surface area contributed by atoms with Crippen LogP contribution >= 0.6 is 0 Å². The molecule has 0 amide bonds. The zero-order valence-electron chi connectivity index (χ0n) is 11.4. The van der Waals surface area contributed by atoms with Crippen LogP contribution in [0.3, 0.4) is 0 Å². The number of sulfonamides is 1.